The Bertz CT molecular complexity index is 940. The SMILES string of the molecule is C1=C[C@H]2c3cc(C45CC6CC(CC(C6)C4)C5)ccc3N[C@@H](c3cccnc3)[C@@H]2C1. The van der Waals surface area contributed by atoms with Crippen LogP contribution in [0.4, 0.5) is 5.69 Å². The van der Waals surface area contributed by atoms with E-state index in [0.717, 1.165) is 24.2 Å². The maximum absolute atomic E-state index is 4.39. The second kappa shape index (κ2) is 5.97. The number of nitrogens with zero attached hydrogens (tertiary/aromatic N) is 1. The summed E-state index contributed by atoms with van der Waals surface area (Å²) in [7, 11) is 0. The van der Waals surface area contributed by atoms with Crippen LogP contribution in [-0.2, 0) is 5.41 Å². The zero-order chi connectivity index (χ0) is 19.0. The number of rotatable bonds is 2. The molecule has 0 amide bonds. The van der Waals surface area contributed by atoms with E-state index in [9.17, 15) is 0 Å². The van der Waals surface area contributed by atoms with E-state index in [4.69, 9.17) is 0 Å². The molecule has 1 aromatic heterocycles. The summed E-state index contributed by atoms with van der Waals surface area (Å²) in [5.74, 6) is 4.17. The van der Waals surface area contributed by atoms with E-state index < -0.39 is 0 Å². The van der Waals surface area contributed by atoms with Gasteiger partial charge in [-0.05, 0) is 103 Å². The molecule has 4 saturated carbocycles. The van der Waals surface area contributed by atoms with E-state index in [1.54, 1.807) is 11.1 Å². The Kier molecular flexibility index (Phi) is 3.43. The highest BCUT2D eigenvalue weighted by molar-refractivity contribution is 5.61. The van der Waals surface area contributed by atoms with Gasteiger partial charge in [-0.15, -0.1) is 0 Å². The van der Waals surface area contributed by atoms with E-state index in [0.29, 0.717) is 23.3 Å². The number of benzene rings is 1. The average Bonchev–Trinajstić information content (AvgIpc) is 3.23. The minimum absolute atomic E-state index is 0.363. The molecule has 2 heterocycles. The van der Waals surface area contributed by atoms with Crippen molar-refractivity contribution >= 4 is 5.69 Å². The zero-order valence-electron chi connectivity index (χ0n) is 17.1. The van der Waals surface area contributed by atoms with Crippen LogP contribution in [0.5, 0.6) is 0 Å². The Morgan fingerprint density at radius 3 is 2.48 bits per heavy atom. The first-order valence-corrected chi connectivity index (χ1v) is 11.7. The Morgan fingerprint density at radius 2 is 1.76 bits per heavy atom. The molecule has 0 saturated heterocycles. The number of aromatic nitrogens is 1. The van der Waals surface area contributed by atoms with Crippen molar-refractivity contribution in [3.63, 3.8) is 0 Å². The standard InChI is InChI=1S/C27H30N2/c1-4-22-23(5-1)26(20-3-2-8-28-16-20)29-25-7-6-21(12-24(22)25)27-13-17-9-18(14-27)11-19(10-17)15-27/h1-4,6-8,12,16-19,22-23,26,29H,5,9-11,13-15H2/t17?,18?,19?,22-,23-,26+,27?/m1/s1. The fraction of sp³-hybridized carbons (Fsp3) is 0.519. The summed E-state index contributed by atoms with van der Waals surface area (Å²) in [4.78, 5) is 4.39. The molecule has 1 aromatic carbocycles. The molecule has 1 N–H and O–H groups in total. The van der Waals surface area contributed by atoms with Crippen LogP contribution < -0.4 is 5.32 Å². The quantitative estimate of drug-likeness (QED) is 0.610. The molecule has 0 spiro atoms. The summed E-state index contributed by atoms with van der Waals surface area (Å²) in [5.41, 5.74) is 6.37. The highest BCUT2D eigenvalue weighted by Gasteiger charge is 2.52. The Hall–Kier alpha value is -2.09. The van der Waals surface area contributed by atoms with Crippen LogP contribution in [0, 0.1) is 23.7 Å². The van der Waals surface area contributed by atoms with Gasteiger partial charge in [-0.25, -0.2) is 0 Å². The van der Waals surface area contributed by atoms with E-state index in [-0.39, 0.29) is 0 Å². The lowest BCUT2D eigenvalue weighted by Crippen LogP contribution is -2.48. The normalized spacial score (nSPS) is 41.1. The molecule has 6 aliphatic rings. The molecule has 2 heteroatoms. The number of anilines is 1. The largest absolute Gasteiger partial charge is 0.378 e. The Morgan fingerprint density at radius 1 is 0.966 bits per heavy atom. The van der Waals surface area contributed by atoms with Gasteiger partial charge in [0.15, 0.2) is 0 Å². The van der Waals surface area contributed by atoms with Crippen molar-refractivity contribution in [3.05, 3.63) is 71.6 Å². The summed E-state index contributed by atoms with van der Waals surface area (Å²) < 4.78 is 0. The van der Waals surface area contributed by atoms with E-state index >= 15 is 0 Å². The van der Waals surface area contributed by atoms with Crippen LogP contribution in [0.3, 0.4) is 0 Å². The first-order chi connectivity index (χ1) is 14.3. The zero-order valence-corrected chi connectivity index (χ0v) is 17.1. The number of hydrogen-bond donors (Lipinski definition) is 1. The van der Waals surface area contributed by atoms with Gasteiger partial charge in [0.05, 0.1) is 6.04 Å². The first-order valence-electron chi connectivity index (χ1n) is 11.7. The van der Waals surface area contributed by atoms with Crippen molar-refractivity contribution in [1.82, 2.24) is 4.98 Å². The molecule has 8 rings (SSSR count). The molecule has 0 radical (unpaired) electrons. The monoisotopic (exact) mass is 382 g/mol. The van der Waals surface area contributed by atoms with Crippen molar-refractivity contribution in [1.29, 1.82) is 0 Å². The lowest BCUT2D eigenvalue weighted by atomic mass is 9.48. The van der Waals surface area contributed by atoms with Gasteiger partial charge in [0.2, 0.25) is 0 Å². The molecule has 2 aromatic rings. The predicted octanol–water partition coefficient (Wildman–Crippen LogP) is 6.38. The van der Waals surface area contributed by atoms with Crippen LogP contribution in [0.2, 0.25) is 0 Å². The topological polar surface area (TPSA) is 24.9 Å². The van der Waals surface area contributed by atoms with E-state index in [2.05, 4.69) is 52.8 Å². The van der Waals surface area contributed by atoms with Crippen LogP contribution in [0.15, 0.2) is 54.9 Å². The number of pyridine rings is 1. The molecule has 0 unspecified atom stereocenters. The number of fused-ring (bicyclic) bond motifs is 3. The first kappa shape index (κ1) is 16.7. The molecular weight excluding hydrogens is 352 g/mol. The number of nitrogens with one attached hydrogen (secondary N) is 1. The van der Waals surface area contributed by atoms with Gasteiger partial charge in [-0.3, -0.25) is 4.98 Å². The van der Waals surface area contributed by atoms with Crippen LogP contribution in [-0.4, -0.2) is 4.98 Å². The molecular formula is C27H30N2. The van der Waals surface area contributed by atoms with Crippen LogP contribution in [0.1, 0.15) is 73.6 Å². The van der Waals surface area contributed by atoms with Crippen LogP contribution in [0.25, 0.3) is 0 Å². The van der Waals surface area contributed by atoms with Crippen molar-refractivity contribution in [2.45, 2.75) is 62.3 Å². The molecule has 3 atom stereocenters. The second-order valence-electron chi connectivity index (χ2n) is 10.8. The van der Waals surface area contributed by atoms with Gasteiger partial charge in [-0.2, -0.15) is 0 Å². The minimum Gasteiger partial charge on any atom is -0.378 e. The van der Waals surface area contributed by atoms with Gasteiger partial charge >= 0.3 is 0 Å². The maximum Gasteiger partial charge on any atom is 0.0569 e. The number of hydrogen-bond acceptors (Lipinski definition) is 2. The molecule has 1 aliphatic heterocycles. The number of allylic oxidation sites excluding steroid dienone is 2. The lowest BCUT2D eigenvalue weighted by molar-refractivity contribution is -0.00523. The average molecular weight is 383 g/mol. The fourth-order valence-corrected chi connectivity index (χ4v) is 8.28. The van der Waals surface area contributed by atoms with Crippen LogP contribution >= 0.6 is 0 Å². The fourth-order valence-electron chi connectivity index (χ4n) is 8.28. The van der Waals surface area contributed by atoms with Gasteiger partial charge in [0.25, 0.3) is 0 Å². The smallest absolute Gasteiger partial charge is 0.0569 e. The summed E-state index contributed by atoms with van der Waals surface area (Å²) in [5, 5.41) is 3.91. The van der Waals surface area contributed by atoms with Gasteiger partial charge in [0.1, 0.15) is 0 Å². The highest BCUT2D eigenvalue weighted by atomic mass is 15.0. The van der Waals surface area contributed by atoms with E-state index in [1.165, 1.54) is 49.8 Å². The van der Waals surface area contributed by atoms with Crippen molar-refractivity contribution in [3.8, 4) is 0 Å². The third-order valence-electron chi connectivity index (χ3n) is 9.06. The molecule has 4 bridgehead atoms. The summed E-state index contributed by atoms with van der Waals surface area (Å²) in [6, 6.07) is 12.2. The molecule has 148 valence electrons. The molecule has 29 heavy (non-hydrogen) atoms. The molecule has 4 fully saturated rings. The lowest BCUT2D eigenvalue weighted by Gasteiger charge is -2.57. The third kappa shape index (κ3) is 2.44. The van der Waals surface area contributed by atoms with Gasteiger partial charge < -0.3 is 5.32 Å². The summed E-state index contributed by atoms with van der Waals surface area (Å²) in [6.45, 7) is 0. The van der Waals surface area contributed by atoms with Crippen molar-refractivity contribution in [2.75, 3.05) is 5.32 Å². The second-order valence-corrected chi connectivity index (χ2v) is 10.8. The summed E-state index contributed by atoms with van der Waals surface area (Å²) >= 11 is 0. The van der Waals surface area contributed by atoms with Gasteiger partial charge in [0, 0.05) is 24.0 Å². The Balaban J connectivity index is 1.29. The highest BCUT2D eigenvalue weighted by Crippen LogP contribution is 2.61. The van der Waals surface area contributed by atoms with E-state index in [1.807, 2.05) is 12.4 Å². The Labute approximate surface area is 173 Å². The maximum atomic E-state index is 4.39. The predicted molar refractivity (Wildman–Crippen MR) is 117 cm³/mol. The van der Waals surface area contributed by atoms with Crippen molar-refractivity contribution in [2.24, 2.45) is 23.7 Å². The molecule has 5 aliphatic carbocycles. The van der Waals surface area contributed by atoms with Crippen molar-refractivity contribution < 1.29 is 0 Å². The third-order valence-corrected chi connectivity index (χ3v) is 9.06. The minimum atomic E-state index is 0.363. The molecule has 2 nitrogen and oxygen atoms in total. The summed E-state index contributed by atoms with van der Waals surface area (Å²) in [6.07, 6.45) is 18.9. The van der Waals surface area contributed by atoms with Gasteiger partial charge in [-0.1, -0.05) is 30.4 Å².